The zero-order valence-electron chi connectivity index (χ0n) is 14.2. The number of hydrogen-bond donors (Lipinski definition) is 1. The predicted molar refractivity (Wildman–Crippen MR) is 102 cm³/mol. The zero-order valence-corrected chi connectivity index (χ0v) is 15.0. The van der Waals surface area contributed by atoms with Crippen molar-refractivity contribution in [1.29, 1.82) is 0 Å². The van der Waals surface area contributed by atoms with E-state index in [1.165, 1.54) is 28.2 Å². The largest absolute Gasteiger partial charge is 0.358 e. The Kier molecular flexibility index (Phi) is 5.59. The van der Waals surface area contributed by atoms with Crippen molar-refractivity contribution in [2.24, 2.45) is 0 Å². The van der Waals surface area contributed by atoms with Crippen LogP contribution in [0.2, 0.25) is 0 Å². The van der Waals surface area contributed by atoms with Crippen LogP contribution in [0.5, 0.6) is 0 Å². The molecule has 0 fully saturated rings. The highest BCUT2D eigenvalue weighted by Gasteiger charge is 2.08. The van der Waals surface area contributed by atoms with E-state index in [9.17, 15) is 0 Å². The van der Waals surface area contributed by atoms with Crippen molar-refractivity contribution >= 4 is 16.7 Å². The van der Waals surface area contributed by atoms with Crippen LogP contribution in [0.25, 0.3) is 0 Å². The predicted octanol–water partition coefficient (Wildman–Crippen LogP) is 4.87. The third-order valence-corrected chi connectivity index (χ3v) is 4.71. The molecule has 3 nitrogen and oxygen atoms in total. The second kappa shape index (κ2) is 8.06. The fourth-order valence-electron chi connectivity index (χ4n) is 2.58. The molecule has 4 heteroatoms. The van der Waals surface area contributed by atoms with Gasteiger partial charge in [-0.15, -0.1) is 0 Å². The molecule has 2 aromatic carbocycles. The first-order valence-corrected chi connectivity index (χ1v) is 9.15. The van der Waals surface area contributed by atoms with E-state index in [0.717, 1.165) is 30.2 Å². The molecule has 0 radical (unpaired) electrons. The molecule has 0 aliphatic rings. The first-order chi connectivity index (χ1) is 11.7. The molecule has 0 amide bonds. The van der Waals surface area contributed by atoms with E-state index in [1.807, 2.05) is 0 Å². The van der Waals surface area contributed by atoms with E-state index >= 15 is 0 Å². The summed E-state index contributed by atoms with van der Waals surface area (Å²) in [7, 11) is 0. The Balaban J connectivity index is 1.50. The van der Waals surface area contributed by atoms with Crippen LogP contribution < -0.4 is 5.32 Å². The highest BCUT2D eigenvalue weighted by Crippen LogP contribution is 2.17. The first-order valence-electron chi connectivity index (χ1n) is 8.37. The topological polar surface area (TPSA) is 37.8 Å². The molecule has 1 atom stereocenters. The summed E-state index contributed by atoms with van der Waals surface area (Å²) in [6.07, 6.45) is 2.94. The number of aromatic nitrogens is 2. The molecule has 0 aliphatic heterocycles. The molecule has 24 heavy (non-hydrogen) atoms. The normalized spacial score (nSPS) is 12.1. The van der Waals surface area contributed by atoms with Crippen LogP contribution in [0.1, 0.15) is 35.9 Å². The Morgan fingerprint density at radius 1 is 1.00 bits per heavy atom. The average Bonchev–Trinajstić information content (AvgIpc) is 3.03. The molecule has 1 heterocycles. The van der Waals surface area contributed by atoms with Crippen molar-refractivity contribution in [2.45, 2.75) is 39.2 Å². The third-order valence-electron chi connectivity index (χ3n) is 4.03. The summed E-state index contributed by atoms with van der Waals surface area (Å²) in [5.41, 5.74) is 3.91. The van der Waals surface area contributed by atoms with Crippen LogP contribution in [0.3, 0.4) is 0 Å². The minimum atomic E-state index is 0.380. The van der Waals surface area contributed by atoms with Crippen LogP contribution in [0.15, 0.2) is 54.6 Å². The van der Waals surface area contributed by atoms with Gasteiger partial charge in [0.25, 0.3) is 0 Å². The second-order valence-corrected chi connectivity index (χ2v) is 7.00. The van der Waals surface area contributed by atoms with E-state index in [0.29, 0.717) is 6.04 Å². The monoisotopic (exact) mass is 337 g/mol. The summed E-state index contributed by atoms with van der Waals surface area (Å²) in [5, 5.41) is 4.39. The van der Waals surface area contributed by atoms with Gasteiger partial charge < -0.3 is 5.32 Å². The van der Waals surface area contributed by atoms with Gasteiger partial charge in [0.15, 0.2) is 0 Å². The van der Waals surface area contributed by atoms with E-state index in [2.05, 4.69) is 83.1 Å². The molecule has 0 saturated carbocycles. The van der Waals surface area contributed by atoms with Gasteiger partial charge in [0.2, 0.25) is 5.13 Å². The number of nitrogens with zero attached hydrogens (tertiary/aromatic N) is 2. The molecule has 0 spiro atoms. The lowest BCUT2D eigenvalue weighted by atomic mass is 10.1. The maximum atomic E-state index is 4.62. The lowest BCUT2D eigenvalue weighted by molar-refractivity contribution is 0.705. The number of rotatable bonds is 7. The molecule has 0 bridgehead atoms. The Bertz CT molecular complexity index is 750. The SMILES string of the molecule is Cc1ccc(Cc2nsc(NC(C)CCc3ccccc3)n2)cc1. The standard InChI is InChI=1S/C20H23N3S/c1-15-8-11-18(12-9-15)14-19-22-20(24-23-19)21-16(2)10-13-17-6-4-3-5-7-17/h3-9,11-12,16H,10,13-14H2,1-2H3,(H,21,22,23). The van der Waals surface area contributed by atoms with E-state index < -0.39 is 0 Å². The Hall–Kier alpha value is -2.20. The van der Waals surface area contributed by atoms with Crippen molar-refractivity contribution in [3.05, 3.63) is 77.1 Å². The van der Waals surface area contributed by atoms with Crippen molar-refractivity contribution < 1.29 is 0 Å². The summed E-state index contributed by atoms with van der Waals surface area (Å²) < 4.78 is 4.47. The summed E-state index contributed by atoms with van der Waals surface area (Å²) in [4.78, 5) is 4.62. The van der Waals surface area contributed by atoms with Crippen molar-refractivity contribution in [1.82, 2.24) is 9.36 Å². The van der Waals surface area contributed by atoms with Gasteiger partial charge in [-0.05, 0) is 37.8 Å². The van der Waals surface area contributed by atoms with Gasteiger partial charge in [-0.1, -0.05) is 60.2 Å². The van der Waals surface area contributed by atoms with Gasteiger partial charge in [0, 0.05) is 24.0 Å². The molecule has 1 unspecified atom stereocenters. The van der Waals surface area contributed by atoms with Gasteiger partial charge in [-0.3, -0.25) is 0 Å². The summed E-state index contributed by atoms with van der Waals surface area (Å²) in [6, 6.07) is 19.5. The van der Waals surface area contributed by atoms with Crippen molar-refractivity contribution in [3.8, 4) is 0 Å². The van der Waals surface area contributed by atoms with Gasteiger partial charge >= 0.3 is 0 Å². The maximum Gasteiger partial charge on any atom is 0.202 e. The van der Waals surface area contributed by atoms with Crippen LogP contribution >= 0.6 is 11.5 Å². The summed E-state index contributed by atoms with van der Waals surface area (Å²) >= 11 is 1.45. The quantitative estimate of drug-likeness (QED) is 0.668. The molecule has 124 valence electrons. The number of nitrogens with one attached hydrogen (secondary N) is 1. The first kappa shape index (κ1) is 16.7. The molecule has 0 saturated heterocycles. The summed E-state index contributed by atoms with van der Waals surface area (Å²) in [6.45, 7) is 4.30. The fraction of sp³-hybridized carbons (Fsp3) is 0.300. The van der Waals surface area contributed by atoms with Crippen LogP contribution in [0.4, 0.5) is 5.13 Å². The minimum Gasteiger partial charge on any atom is -0.358 e. The lowest BCUT2D eigenvalue weighted by Gasteiger charge is -2.12. The average molecular weight is 337 g/mol. The smallest absolute Gasteiger partial charge is 0.202 e. The van der Waals surface area contributed by atoms with Gasteiger partial charge in [0.1, 0.15) is 5.82 Å². The molecule has 3 aromatic rings. The number of aryl methyl sites for hydroxylation is 2. The van der Waals surface area contributed by atoms with Gasteiger partial charge in [-0.25, -0.2) is 4.98 Å². The number of benzene rings is 2. The lowest BCUT2D eigenvalue weighted by Crippen LogP contribution is -2.15. The Morgan fingerprint density at radius 2 is 1.75 bits per heavy atom. The minimum absolute atomic E-state index is 0.380. The molecule has 0 aliphatic carbocycles. The molecule has 3 rings (SSSR count). The maximum absolute atomic E-state index is 4.62. The number of anilines is 1. The second-order valence-electron chi connectivity index (χ2n) is 6.25. The van der Waals surface area contributed by atoms with E-state index in [-0.39, 0.29) is 0 Å². The Morgan fingerprint density at radius 3 is 2.50 bits per heavy atom. The third kappa shape index (κ3) is 4.90. The van der Waals surface area contributed by atoms with Crippen molar-refractivity contribution in [3.63, 3.8) is 0 Å². The summed E-state index contributed by atoms with van der Waals surface area (Å²) in [5.74, 6) is 0.890. The van der Waals surface area contributed by atoms with Crippen molar-refractivity contribution in [2.75, 3.05) is 5.32 Å². The van der Waals surface area contributed by atoms with Crippen LogP contribution in [0, 0.1) is 6.92 Å². The van der Waals surface area contributed by atoms with Crippen LogP contribution in [-0.4, -0.2) is 15.4 Å². The molecule has 1 aromatic heterocycles. The Labute approximate surface area is 148 Å². The van der Waals surface area contributed by atoms with Gasteiger partial charge in [-0.2, -0.15) is 4.37 Å². The van der Waals surface area contributed by atoms with E-state index in [4.69, 9.17) is 0 Å². The molecular formula is C20H23N3S. The number of hydrogen-bond acceptors (Lipinski definition) is 4. The van der Waals surface area contributed by atoms with Crippen LogP contribution in [-0.2, 0) is 12.8 Å². The highest BCUT2D eigenvalue weighted by atomic mass is 32.1. The zero-order chi connectivity index (χ0) is 16.8. The fourth-order valence-corrected chi connectivity index (χ4v) is 3.28. The highest BCUT2D eigenvalue weighted by molar-refractivity contribution is 7.09. The van der Waals surface area contributed by atoms with E-state index in [1.54, 1.807) is 0 Å². The van der Waals surface area contributed by atoms with Gasteiger partial charge in [0.05, 0.1) is 0 Å². The molecular weight excluding hydrogens is 314 g/mol. The molecule has 1 N–H and O–H groups in total.